The molecule has 0 spiro atoms. The predicted molar refractivity (Wildman–Crippen MR) is 84.9 cm³/mol. The van der Waals surface area contributed by atoms with Crippen molar-refractivity contribution < 1.29 is 4.74 Å². The van der Waals surface area contributed by atoms with Crippen molar-refractivity contribution in [3.63, 3.8) is 0 Å². The number of hydrogen-bond acceptors (Lipinski definition) is 2. The first-order valence-electron chi connectivity index (χ1n) is 6.05. The summed E-state index contributed by atoms with van der Waals surface area (Å²) in [6.07, 6.45) is 0. The second-order valence-electron chi connectivity index (χ2n) is 4.38. The van der Waals surface area contributed by atoms with Crippen LogP contribution in [0.15, 0.2) is 54.6 Å². The van der Waals surface area contributed by atoms with Gasteiger partial charge in [0.2, 0.25) is 0 Å². The Morgan fingerprint density at radius 3 is 2.25 bits per heavy atom. The van der Waals surface area contributed by atoms with Crippen molar-refractivity contribution in [3.05, 3.63) is 64.6 Å². The molecule has 0 saturated heterocycles. The molecule has 0 radical (unpaired) electrons. The fourth-order valence-corrected chi connectivity index (χ4v) is 2.50. The number of rotatable bonds is 2. The molecule has 4 heteroatoms. The molecular formula is C16H11Cl2NO. The lowest BCUT2D eigenvalue weighted by Gasteiger charge is -2.11. The van der Waals surface area contributed by atoms with E-state index in [2.05, 4.69) is 0 Å². The molecule has 0 amide bonds. The summed E-state index contributed by atoms with van der Waals surface area (Å²) in [5.41, 5.74) is 6.08. The Morgan fingerprint density at radius 2 is 1.50 bits per heavy atom. The third-order valence-corrected chi connectivity index (χ3v) is 3.66. The number of anilines is 1. The zero-order chi connectivity index (χ0) is 14.1. The summed E-state index contributed by atoms with van der Waals surface area (Å²) in [4.78, 5) is 0. The maximum Gasteiger partial charge on any atom is 0.135 e. The highest BCUT2D eigenvalue weighted by Gasteiger charge is 2.08. The van der Waals surface area contributed by atoms with Crippen molar-refractivity contribution in [2.75, 3.05) is 5.73 Å². The Morgan fingerprint density at radius 1 is 0.850 bits per heavy atom. The molecule has 0 aliphatic rings. The Hall–Kier alpha value is -1.90. The SMILES string of the molecule is Nc1c(Cl)cc(Oc2cccc3ccccc23)cc1Cl. The molecular weight excluding hydrogens is 293 g/mol. The van der Waals surface area contributed by atoms with Crippen LogP contribution in [0.25, 0.3) is 10.8 Å². The molecule has 3 rings (SSSR count). The smallest absolute Gasteiger partial charge is 0.135 e. The van der Waals surface area contributed by atoms with Gasteiger partial charge >= 0.3 is 0 Å². The number of nitrogen functional groups attached to an aromatic ring is 1. The molecule has 0 unspecified atom stereocenters. The quantitative estimate of drug-likeness (QED) is 0.632. The number of benzene rings is 3. The van der Waals surface area contributed by atoms with E-state index in [1.807, 2.05) is 42.5 Å². The van der Waals surface area contributed by atoms with Gasteiger partial charge in [-0.05, 0) is 11.5 Å². The lowest BCUT2D eigenvalue weighted by Crippen LogP contribution is -1.91. The van der Waals surface area contributed by atoms with Gasteiger partial charge in [-0.1, -0.05) is 59.6 Å². The molecule has 0 saturated carbocycles. The summed E-state index contributed by atoms with van der Waals surface area (Å²) < 4.78 is 5.88. The summed E-state index contributed by atoms with van der Waals surface area (Å²) in [7, 11) is 0. The summed E-state index contributed by atoms with van der Waals surface area (Å²) in [5, 5.41) is 2.90. The van der Waals surface area contributed by atoms with Crippen LogP contribution in [0.1, 0.15) is 0 Å². The zero-order valence-electron chi connectivity index (χ0n) is 10.4. The molecule has 0 heterocycles. The summed E-state index contributed by atoms with van der Waals surface area (Å²) in [6.45, 7) is 0. The van der Waals surface area contributed by atoms with Gasteiger partial charge < -0.3 is 10.5 Å². The van der Waals surface area contributed by atoms with Crippen LogP contribution in [0.3, 0.4) is 0 Å². The first kappa shape index (κ1) is 13.1. The Kier molecular flexibility index (Phi) is 3.43. The lowest BCUT2D eigenvalue weighted by molar-refractivity contribution is 0.488. The van der Waals surface area contributed by atoms with Crippen LogP contribution in [0.2, 0.25) is 10.0 Å². The normalized spacial score (nSPS) is 10.7. The molecule has 0 aliphatic heterocycles. The highest BCUT2D eigenvalue weighted by Crippen LogP contribution is 2.36. The largest absolute Gasteiger partial charge is 0.457 e. The molecule has 100 valence electrons. The Labute approximate surface area is 126 Å². The second-order valence-corrected chi connectivity index (χ2v) is 5.19. The number of halogens is 2. The van der Waals surface area contributed by atoms with E-state index >= 15 is 0 Å². The van der Waals surface area contributed by atoms with Crippen LogP contribution < -0.4 is 10.5 Å². The van der Waals surface area contributed by atoms with Crippen LogP contribution in [0.4, 0.5) is 5.69 Å². The average molecular weight is 304 g/mol. The van der Waals surface area contributed by atoms with E-state index in [4.69, 9.17) is 33.7 Å². The van der Waals surface area contributed by atoms with Crippen LogP contribution >= 0.6 is 23.2 Å². The average Bonchev–Trinajstić information content (AvgIpc) is 2.45. The third kappa shape index (κ3) is 2.40. The maximum atomic E-state index is 6.01. The first-order chi connectivity index (χ1) is 9.65. The van der Waals surface area contributed by atoms with Gasteiger partial charge in [0, 0.05) is 17.5 Å². The summed E-state index contributed by atoms with van der Waals surface area (Å²) in [6, 6.07) is 17.2. The minimum atomic E-state index is 0.360. The fourth-order valence-electron chi connectivity index (χ4n) is 2.03. The van der Waals surface area contributed by atoms with E-state index < -0.39 is 0 Å². The highest BCUT2D eigenvalue weighted by atomic mass is 35.5. The number of hydrogen-bond donors (Lipinski definition) is 1. The Balaban J connectivity index is 2.06. The maximum absolute atomic E-state index is 6.01. The van der Waals surface area contributed by atoms with Gasteiger partial charge in [0.05, 0.1) is 15.7 Å². The van der Waals surface area contributed by atoms with Crippen molar-refractivity contribution in [1.29, 1.82) is 0 Å². The van der Waals surface area contributed by atoms with Gasteiger partial charge in [0.15, 0.2) is 0 Å². The minimum Gasteiger partial charge on any atom is -0.457 e. The van der Waals surface area contributed by atoms with Crippen molar-refractivity contribution in [2.45, 2.75) is 0 Å². The van der Waals surface area contributed by atoms with E-state index in [0.29, 0.717) is 21.5 Å². The van der Waals surface area contributed by atoms with E-state index in [-0.39, 0.29) is 0 Å². The molecule has 0 aliphatic carbocycles. The second kappa shape index (κ2) is 5.23. The molecule has 3 aromatic carbocycles. The van der Waals surface area contributed by atoms with Gasteiger partial charge in [-0.25, -0.2) is 0 Å². The molecule has 0 fully saturated rings. The van der Waals surface area contributed by atoms with Gasteiger partial charge in [-0.3, -0.25) is 0 Å². The molecule has 20 heavy (non-hydrogen) atoms. The predicted octanol–water partition coefficient (Wildman–Crippen LogP) is 5.52. The molecule has 0 atom stereocenters. The van der Waals surface area contributed by atoms with E-state index in [9.17, 15) is 0 Å². The van der Waals surface area contributed by atoms with Crippen LogP contribution in [-0.4, -0.2) is 0 Å². The first-order valence-corrected chi connectivity index (χ1v) is 6.81. The Bertz CT molecular complexity index is 758. The molecule has 3 aromatic rings. The van der Waals surface area contributed by atoms with Gasteiger partial charge in [-0.15, -0.1) is 0 Å². The van der Waals surface area contributed by atoms with Crippen molar-refractivity contribution in [3.8, 4) is 11.5 Å². The zero-order valence-corrected chi connectivity index (χ0v) is 11.9. The van der Waals surface area contributed by atoms with Crippen molar-refractivity contribution >= 4 is 39.7 Å². The summed E-state index contributed by atoms with van der Waals surface area (Å²) >= 11 is 12.0. The van der Waals surface area contributed by atoms with Gasteiger partial charge in [0.1, 0.15) is 11.5 Å². The number of nitrogens with two attached hydrogens (primary N) is 1. The summed E-state index contributed by atoms with van der Waals surface area (Å²) in [5.74, 6) is 1.31. The van der Waals surface area contributed by atoms with E-state index in [1.54, 1.807) is 12.1 Å². The molecule has 2 N–H and O–H groups in total. The lowest BCUT2D eigenvalue weighted by atomic mass is 10.1. The third-order valence-electron chi connectivity index (χ3n) is 3.03. The number of fused-ring (bicyclic) bond motifs is 1. The van der Waals surface area contributed by atoms with Crippen molar-refractivity contribution in [1.82, 2.24) is 0 Å². The molecule has 0 bridgehead atoms. The van der Waals surface area contributed by atoms with Crippen LogP contribution in [0, 0.1) is 0 Å². The fraction of sp³-hybridized carbons (Fsp3) is 0. The topological polar surface area (TPSA) is 35.2 Å². The number of ether oxygens (including phenoxy) is 1. The van der Waals surface area contributed by atoms with E-state index in [0.717, 1.165) is 16.5 Å². The molecule has 2 nitrogen and oxygen atoms in total. The van der Waals surface area contributed by atoms with Crippen LogP contribution in [0.5, 0.6) is 11.5 Å². The molecule has 0 aromatic heterocycles. The monoisotopic (exact) mass is 303 g/mol. The standard InChI is InChI=1S/C16H11Cl2NO/c17-13-8-11(9-14(18)16(13)19)20-15-7-3-5-10-4-1-2-6-12(10)15/h1-9H,19H2. The minimum absolute atomic E-state index is 0.360. The van der Waals surface area contributed by atoms with Crippen molar-refractivity contribution in [2.24, 2.45) is 0 Å². The highest BCUT2D eigenvalue weighted by molar-refractivity contribution is 6.39. The van der Waals surface area contributed by atoms with Crippen LogP contribution in [-0.2, 0) is 0 Å². The van der Waals surface area contributed by atoms with Gasteiger partial charge in [-0.2, -0.15) is 0 Å². The van der Waals surface area contributed by atoms with E-state index in [1.165, 1.54) is 0 Å². The van der Waals surface area contributed by atoms with Gasteiger partial charge in [0.25, 0.3) is 0 Å².